The third kappa shape index (κ3) is 7.85. The van der Waals surface area contributed by atoms with Gasteiger partial charge in [-0.1, -0.05) is 38.1 Å². The van der Waals surface area contributed by atoms with E-state index >= 15 is 0 Å². The summed E-state index contributed by atoms with van der Waals surface area (Å²) in [4.78, 5) is 26.1. The van der Waals surface area contributed by atoms with Crippen molar-refractivity contribution in [2.45, 2.75) is 45.1 Å². The summed E-state index contributed by atoms with van der Waals surface area (Å²) in [7, 11) is -1.86. The average Bonchev–Trinajstić information content (AvgIpc) is 2.83. The van der Waals surface area contributed by atoms with Gasteiger partial charge in [0.25, 0.3) is 5.91 Å². The molecule has 0 heterocycles. The molecular weight excluding hydrogens is 456 g/mol. The number of esters is 1. The third-order valence-electron chi connectivity index (χ3n) is 5.32. The SMILES string of the molecule is CCOc1ccc(CN(C)C(=O)COC(=O)CCc2ccc(S(=O)(=O)N(CC)CC)cc2)cc1. The molecule has 186 valence electrons. The van der Waals surface area contributed by atoms with Gasteiger partial charge in [0.1, 0.15) is 5.75 Å². The fraction of sp³-hybridized carbons (Fsp3) is 0.440. The summed E-state index contributed by atoms with van der Waals surface area (Å²) in [6.45, 7) is 6.97. The van der Waals surface area contributed by atoms with Crippen molar-refractivity contribution in [3.8, 4) is 5.75 Å². The van der Waals surface area contributed by atoms with E-state index in [4.69, 9.17) is 9.47 Å². The maximum Gasteiger partial charge on any atom is 0.306 e. The quantitative estimate of drug-likeness (QED) is 0.400. The largest absolute Gasteiger partial charge is 0.494 e. The highest BCUT2D eigenvalue weighted by molar-refractivity contribution is 7.89. The number of hydrogen-bond acceptors (Lipinski definition) is 6. The van der Waals surface area contributed by atoms with Gasteiger partial charge in [0.05, 0.1) is 11.5 Å². The van der Waals surface area contributed by atoms with Crippen LogP contribution >= 0.6 is 0 Å². The minimum Gasteiger partial charge on any atom is -0.494 e. The number of rotatable bonds is 13. The van der Waals surface area contributed by atoms with Gasteiger partial charge in [-0.15, -0.1) is 0 Å². The van der Waals surface area contributed by atoms with Gasteiger partial charge in [-0.3, -0.25) is 9.59 Å². The lowest BCUT2D eigenvalue weighted by Gasteiger charge is -2.18. The molecule has 0 saturated carbocycles. The second-order valence-corrected chi connectivity index (χ2v) is 9.66. The van der Waals surface area contributed by atoms with E-state index in [1.807, 2.05) is 31.2 Å². The number of aryl methyl sites for hydroxylation is 1. The second-order valence-electron chi connectivity index (χ2n) is 7.72. The van der Waals surface area contributed by atoms with Crippen LogP contribution in [-0.2, 0) is 37.3 Å². The van der Waals surface area contributed by atoms with Crippen LogP contribution in [0, 0.1) is 0 Å². The maximum absolute atomic E-state index is 12.5. The Balaban J connectivity index is 1.78. The van der Waals surface area contributed by atoms with Crippen LogP contribution in [0.3, 0.4) is 0 Å². The first-order chi connectivity index (χ1) is 16.2. The normalized spacial score (nSPS) is 11.3. The Morgan fingerprint density at radius 3 is 2.03 bits per heavy atom. The van der Waals surface area contributed by atoms with Crippen molar-refractivity contribution in [3.05, 3.63) is 59.7 Å². The standard InChI is InChI=1S/C25H34N2O6S/c1-5-27(6-2)34(30,31)23-15-10-20(11-16-23)12-17-25(29)33-19-24(28)26(4)18-21-8-13-22(14-9-21)32-7-3/h8-11,13-16H,5-7,12,17-19H2,1-4H3. The van der Waals surface area contributed by atoms with Crippen molar-refractivity contribution >= 4 is 21.9 Å². The topological polar surface area (TPSA) is 93.2 Å². The molecule has 0 aliphatic carbocycles. The highest BCUT2D eigenvalue weighted by Crippen LogP contribution is 2.17. The molecule has 0 atom stereocenters. The fourth-order valence-electron chi connectivity index (χ4n) is 3.33. The summed E-state index contributed by atoms with van der Waals surface area (Å²) in [5.41, 5.74) is 1.76. The summed E-state index contributed by atoms with van der Waals surface area (Å²) in [6.07, 6.45) is 0.485. The van der Waals surface area contributed by atoms with Gasteiger partial charge < -0.3 is 14.4 Å². The zero-order valence-corrected chi connectivity index (χ0v) is 21.1. The van der Waals surface area contributed by atoms with Crippen molar-refractivity contribution in [3.63, 3.8) is 0 Å². The molecule has 2 aromatic rings. The number of carbonyl (C=O) groups excluding carboxylic acids is 2. The first kappa shape index (κ1) is 27.3. The van der Waals surface area contributed by atoms with E-state index in [1.165, 1.54) is 9.21 Å². The molecule has 0 saturated heterocycles. The number of ether oxygens (including phenoxy) is 2. The Morgan fingerprint density at radius 2 is 1.47 bits per heavy atom. The molecule has 0 unspecified atom stereocenters. The van der Waals surface area contributed by atoms with Gasteiger partial charge in [-0.05, 0) is 48.7 Å². The summed E-state index contributed by atoms with van der Waals surface area (Å²) >= 11 is 0. The summed E-state index contributed by atoms with van der Waals surface area (Å²) in [5, 5.41) is 0. The Kier molecular flexibility index (Phi) is 10.5. The minimum absolute atomic E-state index is 0.0953. The van der Waals surface area contributed by atoms with Gasteiger partial charge in [-0.25, -0.2) is 8.42 Å². The number of hydrogen-bond donors (Lipinski definition) is 0. The number of nitrogens with zero attached hydrogens (tertiary/aromatic N) is 2. The average molecular weight is 491 g/mol. The van der Waals surface area contributed by atoms with Gasteiger partial charge >= 0.3 is 5.97 Å². The number of amides is 1. The molecule has 0 bridgehead atoms. The first-order valence-corrected chi connectivity index (χ1v) is 12.9. The van der Waals surface area contributed by atoms with Crippen LogP contribution in [0.5, 0.6) is 5.75 Å². The van der Waals surface area contributed by atoms with E-state index in [0.717, 1.165) is 16.9 Å². The molecule has 0 spiro atoms. The van der Waals surface area contributed by atoms with Gasteiger partial charge in [0.15, 0.2) is 6.61 Å². The molecule has 1 amide bonds. The lowest BCUT2D eigenvalue weighted by Crippen LogP contribution is -2.30. The third-order valence-corrected chi connectivity index (χ3v) is 7.38. The van der Waals surface area contributed by atoms with Gasteiger partial charge in [0, 0.05) is 33.1 Å². The zero-order valence-electron chi connectivity index (χ0n) is 20.3. The summed E-state index contributed by atoms with van der Waals surface area (Å²) in [5.74, 6) is -0.00910. The van der Waals surface area contributed by atoms with E-state index in [9.17, 15) is 18.0 Å². The molecule has 0 fully saturated rings. The number of carbonyl (C=O) groups is 2. The van der Waals surface area contributed by atoms with E-state index < -0.39 is 16.0 Å². The van der Waals surface area contributed by atoms with Crippen LogP contribution in [0.4, 0.5) is 0 Å². The predicted octanol–water partition coefficient (Wildman–Crippen LogP) is 3.25. The predicted molar refractivity (Wildman–Crippen MR) is 130 cm³/mol. The number of benzene rings is 2. The van der Waals surface area contributed by atoms with Crippen molar-refractivity contribution in [1.82, 2.24) is 9.21 Å². The molecule has 0 N–H and O–H groups in total. The van der Waals surface area contributed by atoms with Crippen LogP contribution in [0.15, 0.2) is 53.4 Å². The minimum atomic E-state index is -3.51. The van der Waals surface area contributed by atoms with Crippen LogP contribution < -0.4 is 4.74 Å². The van der Waals surface area contributed by atoms with Gasteiger partial charge in [-0.2, -0.15) is 4.31 Å². The number of sulfonamides is 1. The highest BCUT2D eigenvalue weighted by atomic mass is 32.2. The molecule has 0 aliphatic rings. The van der Waals surface area contributed by atoms with Crippen molar-refractivity contribution in [2.24, 2.45) is 0 Å². The number of likely N-dealkylation sites (N-methyl/N-ethyl adjacent to an activating group) is 1. The zero-order chi connectivity index (χ0) is 25.1. The molecule has 34 heavy (non-hydrogen) atoms. The molecule has 8 nitrogen and oxygen atoms in total. The molecule has 2 aromatic carbocycles. The van der Waals surface area contributed by atoms with Crippen LogP contribution in [0.1, 0.15) is 38.3 Å². The molecule has 2 rings (SSSR count). The van der Waals surface area contributed by atoms with E-state index in [0.29, 0.717) is 32.7 Å². The smallest absolute Gasteiger partial charge is 0.306 e. The molecular formula is C25H34N2O6S. The molecule has 0 radical (unpaired) electrons. The fourth-order valence-corrected chi connectivity index (χ4v) is 4.79. The van der Waals surface area contributed by atoms with E-state index in [2.05, 4.69) is 0 Å². The Hall–Kier alpha value is -2.91. The lowest BCUT2D eigenvalue weighted by atomic mass is 10.1. The Labute approximate surface area is 202 Å². The van der Waals surface area contributed by atoms with Crippen molar-refractivity contribution < 1.29 is 27.5 Å². The van der Waals surface area contributed by atoms with Crippen LogP contribution in [0.25, 0.3) is 0 Å². The Bertz CT molecular complexity index is 1030. The summed E-state index contributed by atoms with van der Waals surface area (Å²) in [6, 6.07) is 14.0. The molecule has 0 aliphatic heterocycles. The molecule has 0 aromatic heterocycles. The maximum atomic E-state index is 12.5. The van der Waals surface area contributed by atoms with Crippen molar-refractivity contribution in [2.75, 3.05) is 33.4 Å². The van der Waals surface area contributed by atoms with Crippen LogP contribution in [0.2, 0.25) is 0 Å². The van der Waals surface area contributed by atoms with Gasteiger partial charge in [0.2, 0.25) is 10.0 Å². The first-order valence-electron chi connectivity index (χ1n) is 11.4. The van der Waals surface area contributed by atoms with E-state index in [1.54, 1.807) is 45.2 Å². The highest BCUT2D eigenvalue weighted by Gasteiger charge is 2.21. The Morgan fingerprint density at radius 1 is 0.882 bits per heavy atom. The summed E-state index contributed by atoms with van der Waals surface area (Å²) < 4.78 is 37.0. The lowest BCUT2D eigenvalue weighted by molar-refractivity contribution is -0.151. The molecule has 9 heteroatoms. The monoisotopic (exact) mass is 490 g/mol. The van der Waals surface area contributed by atoms with Crippen LogP contribution in [-0.4, -0.2) is 62.9 Å². The van der Waals surface area contributed by atoms with Crippen molar-refractivity contribution in [1.29, 1.82) is 0 Å². The second kappa shape index (κ2) is 13.1. The van der Waals surface area contributed by atoms with E-state index in [-0.39, 0.29) is 23.8 Å².